The van der Waals surface area contributed by atoms with Crippen LogP contribution in [0.2, 0.25) is 0 Å². The number of nitrogens with one attached hydrogen (secondary N) is 2. The van der Waals surface area contributed by atoms with Gasteiger partial charge in [0.15, 0.2) is 0 Å². The van der Waals surface area contributed by atoms with Crippen LogP contribution in [-0.4, -0.2) is 42.3 Å². The number of aromatic nitrogens is 1. The second-order valence-electron chi connectivity index (χ2n) is 7.31. The number of hydrogen-bond donors (Lipinski definition) is 2. The number of likely N-dealkylation sites (N-methyl/N-ethyl adjacent to an activating group) is 1. The fourth-order valence-electron chi connectivity index (χ4n) is 3.23. The van der Waals surface area contributed by atoms with E-state index in [-0.39, 0.29) is 11.8 Å². The number of aryl methyl sites for hydroxylation is 3. The Labute approximate surface area is 160 Å². The predicted octanol–water partition coefficient (Wildman–Crippen LogP) is 3.02. The topological polar surface area (TPSA) is 74.3 Å². The van der Waals surface area contributed by atoms with Crippen molar-refractivity contribution in [2.24, 2.45) is 0 Å². The second kappa shape index (κ2) is 8.31. The van der Waals surface area contributed by atoms with Gasteiger partial charge in [0, 0.05) is 23.3 Å². The molecule has 142 valence electrons. The van der Waals surface area contributed by atoms with Gasteiger partial charge < -0.3 is 15.5 Å². The Morgan fingerprint density at radius 3 is 2.67 bits per heavy atom. The highest BCUT2D eigenvalue weighted by Crippen LogP contribution is 2.23. The highest BCUT2D eigenvalue weighted by atomic mass is 16.2. The molecule has 6 heteroatoms. The zero-order valence-corrected chi connectivity index (χ0v) is 16.1. The molecule has 1 aliphatic carbocycles. The molecule has 0 fully saturated rings. The van der Waals surface area contributed by atoms with Crippen LogP contribution in [0.25, 0.3) is 0 Å². The average molecular weight is 366 g/mol. The monoisotopic (exact) mass is 366 g/mol. The number of pyridine rings is 1. The Morgan fingerprint density at radius 2 is 1.89 bits per heavy atom. The molecule has 0 radical (unpaired) electrons. The predicted molar refractivity (Wildman–Crippen MR) is 107 cm³/mol. The fraction of sp³-hybridized carbons (Fsp3) is 0.381. The van der Waals surface area contributed by atoms with Gasteiger partial charge in [-0.15, -0.1) is 0 Å². The molecule has 0 aliphatic heterocycles. The Hall–Kier alpha value is -2.73. The molecule has 0 saturated heterocycles. The van der Waals surface area contributed by atoms with Gasteiger partial charge in [0.25, 0.3) is 5.91 Å². The van der Waals surface area contributed by atoms with Crippen LogP contribution in [-0.2, 0) is 17.6 Å². The third-order valence-electron chi connectivity index (χ3n) is 4.66. The van der Waals surface area contributed by atoms with E-state index in [0.29, 0.717) is 23.5 Å². The highest BCUT2D eigenvalue weighted by molar-refractivity contribution is 6.05. The zero-order chi connectivity index (χ0) is 19.4. The fourth-order valence-corrected chi connectivity index (χ4v) is 3.23. The van der Waals surface area contributed by atoms with Crippen molar-refractivity contribution in [3.63, 3.8) is 0 Å². The smallest absolute Gasteiger partial charge is 0.257 e. The minimum Gasteiger partial charge on any atom is -0.325 e. The van der Waals surface area contributed by atoms with Crippen LogP contribution in [0.1, 0.15) is 40.0 Å². The summed E-state index contributed by atoms with van der Waals surface area (Å²) >= 11 is 0. The molecule has 2 amide bonds. The maximum atomic E-state index is 12.7. The summed E-state index contributed by atoms with van der Waals surface area (Å²) in [6.07, 6.45) is 5.93. The molecule has 3 rings (SSSR count). The van der Waals surface area contributed by atoms with Gasteiger partial charge in [-0.25, -0.2) is 0 Å². The lowest BCUT2D eigenvalue weighted by atomic mass is 9.95. The summed E-state index contributed by atoms with van der Waals surface area (Å²) in [6, 6.07) is 7.45. The summed E-state index contributed by atoms with van der Waals surface area (Å²) in [7, 11) is 3.68. The number of nitrogens with zero attached hydrogens (tertiary/aromatic N) is 2. The van der Waals surface area contributed by atoms with Gasteiger partial charge in [0.1, 0.15) is 0 Å². The molecule has 1 aliphatic rings. The van der Waals surface area contributed by atoms with E-state index >= 15 is 0 Å². The normalized spacial score (nSPS) is 13.2. The maximum Gasteiger partial charge on any atom is 0.257 e. The summed E-state index contributed by atoms with van der Waals surface area (Å²) in [4.78, 5) is 30.9. The SMILES string of the molecule is Cc1ccc(NC(=O)CN(C)C)cc1NC(=O)c1cnc2c(c1)CCCC2. The molecule has 0 unspecified atom stereocenters. The van der Waals surface area contributed by atoms with Gasteiger partial charge in [0.05, 0.1) is 12.1 Å². The Bertz CT molecular complexity index is 861. The summed E-state index contributed by atoms with van der Waals surface area (Å²) in [5.41, 5.74) is 5.12. The minimum atomic E-state index is -0.184. The number of hydrogen-bond acceptors (Lipinski definition) is 4. The molecule has 27 heavy (non-hydrogen) atoms. The van der Waals surface area contributed by atoms with Crippen LogP contribution in [0.15, 0.2) is 30.5 Å². The number of rotatable bonds is 5. The summed E-state index contributed by atoms with van der Waals surface area (Å²) < 4.78 is 0. The lowest BCUT2D eigenvalue weighted by Gasteiger charge is -2.16. The first-order valence-corrected chi connectivity index (χ1v) is 9.27. The van der Waals surface area contributed by atoms with Gasteiger partial charge in [-0.1, -0.05) is 6.07 Å². The van der Waals surface area contributed by atoms with E-state index in [1.54, 1.807) is 17.2 Å². The van der Waals surface area contributed by atoms with E-state index in [1.165, 1.54) is 5.56 Å². The van der Waals surface area contributed by atoms with Crippen LogP contribution in [0.3, 0.4) is 0 Å². The average Bonchev–Trinajstić information content (AvgIpc) is 2.63. The van der Waals surface area contributed by atoms with E-state index in [0.717, 1.165) is 36.9 Å². The van der Waals surface area contributed by atoms with Crippen molar-refractivity contribution in [2.75, 3.05) is 31.3 Å². The van der Waals surface area contributed by atoms with E-state index in [1.807, 2.05) is 39.2 Å². The maximum absolute atomic E-state index is 12.7. The number of fused-ring (bicyclic) bond motifs is 1. The Kier molecular flexibility index (Phi) is 5.86. The molecule has 0 atom stereocenters. The van der Waals surface area contributed by atoms with Gasteiger partial charge in [0.2, 0.25) is 5.91 Å². The molecule has 2 aromatic rings. The Balaban J connectivity index is 1.73. The number of amides is 2. The quantitative estimate of drug-likeness (QED) is 0.853. The van der Waals surface area contributed by atoms with E-state index < -0.39 is 0 Å². The van der Waals surface area contributed by atoms with Crippen molar-refractivity contribution in [1.29, 1.82) is 0 Å². The lowest BCUT2D eigenvalue weighted by Crippen LogP contribution is -2.27. The summed E-state index contributed by atoms with van der Waals surface area (Å²) in [5, 5.41) is 5.80. The van der Waals surface area contributed by atoms with Gasteiger partial charge in [-0.3, -0.25) is 14.6 Å². The first-order chi connectivity index (χ1) is 12.9. The molecule has 1 heterocycles. The minimum absolute atomic E-state index is 0.0972. The standard InChI is InChI=1S/C21H26N4O2/c1-14-8-9-17(23-20(26)13-25(2)3)11-19(14)24-21(27)16-10-15-6-4-5-7-18(15)22-12-16/h8-12H,4-7,13H2,1-3H3,(H,23,26)(H,24,27). The molecular formula is C21H26N4O2. The molecular weight excluding hydrogens is 340 g/mol. The highest BCUT2D eigenvalue weighted by Gasteiger charge is 2.15. The van der Waals surface area contributed by atoms with Crippen LogP contribution < -0.4 is 10.6 Å². The molecule has 0 spiro atoms. The number of anilines is 2. The van der Waals surface area contributed by atoms with Crippen LogP contribution >= 0.6 is 0 Å². The van der Waals surface area contributed by atoms with Crippen molar-refractivity contribution < 1.29 is 9.59 Å². The first-order valence-electron chi connectivity index (χ1n) is 9.27. The zero-order valence-electron chi connectivity index (χ0n) is 16.1. The van der Waals surface area contributed by atoms with Crippen molar-refractivity contribution >= 4 is 23.2 Å². The molecule has 0 saturated carbocycles. The molecule has 6 nitrogen and oxygen atoms in total. The summed E-state index contributed by atoms with van der Waals surface area (Å²) in [6.45, 7) is 2.22. The lowest BCUT2D eigenvalue weighted by molar-refractivity contribution is -0.116. The molecule has 2 N–H and O–H groups in total. The van der Waals surface area contributed by atoms with Crippen molar-refractivity contribution in [3.05, 3.63) is 52.8 Å². The first kappa shape index (κ1) is 19.0. The van der Waals surface area contributed by atoms with Crippen molar-refractivity contribution in [1.82, 2.24) is 9.88 Å². The van der Waals surface area contributed by atoms with Crippen molar-refractivity contribution in [3.8, 4) is 0 Å². The largest absolute Gasteiger partial charge is 0.325 e. The van der Waals surface area contributed by atoms with E-state index in [9.17, 15) is 9.59 Å². The summed E-state index contributed by atoms with van der Waals surface area (Å²) in [5.74, 6) is -0.282. The van der Waals surface area contributed by atoms with Crippen molar-refractivity contribution in [2.45, 2.75) is 32.6 Å². The molecule has 1 aromatic carbocycles. The van der Waals surface area contributed by atoms with Crippen LogP contribution in [0, 0.1) is 6.92 Å². The number of carbonyl (C=O) groups is 2. The number of benzene rings is 1. The third-order valence-corrected chi connectivity index (χ3v) is 4.66. The van der Waals surface area contributed by atoms with E-state index in [2.05, 4.69) is 15.6 Å². The van der Waals surface area contributed by atoms with Gasteiger partial charge in [-0.05, 0) is 76.0 Å². The van der Waals surface area contributed by atoms with Crippen LogP contribution in [0.5, 0.6) is 0 Å². The second-order valence-corrected chi connectivity index (χ2v) is 7.31. The van der Waals surface area contributed by atoms with Gasteiger partial charge in [-0.2, -0.15) is 0 Å². The number of carbonyl (C=O) groups excluding carboxylic acids is 2. The van der Waals surface area contributed by atoms with Crippen LogP contribution in [0.4, 0.5) is 11.4 Å². The van der Waals surface area contributed by atoms with Gasteiger partial charge >= 0.3 is 0 Å². The molecule has 0 bridgehead atoms. The Morgan fingerprint density at radius 1 is 1.11 bits per heavy atom. The third kappa shape index (κ3) is 4.92. The molecule has 1 aromatic heterocycles. The van der Waals surface area contributed by atoms with E-state index in [4.69, 9.17) is 0 Å².